The average molecular weight is 276 g/mol. The summed E-state index contributed by atoms with van der Waals surface area (Å²) < 4.78 is 0. The molecule has 2 aromatic heterocycles. The molecular formula is C14H20N4S. The second-order valence-electron chi connectivity index (χ2n) is 4.50. The Morgan fingerprint density at radius 1 is 1.42 bits per heavy atom. The fourth-order valence-corrected chi connectivity index (χ4v) is 2.58. The predicted molar refractivity (Wildman–Crippen MR) is 80.6 cm³/mol. The van der Waals surface area contributed by atoms with Gasteiger partial charge < -0.3 is 10.2 Å². The maximum atomic E-state index is 4.51. The highest BCUT2D eigenvalue weighted by molar-refractivity contribution is 7.09. The third kappa shape index (κ3) is 3.75. The number of nitrogens with one attached hydrogen (secondary N) is 1. The molecule has 0 aliphatic carbocycles. The molecule has 0 saturated carbocycles. The fourth-order valence-electron chi connectivity index (χ4n) is 1.98. The minimum absolute atomic E-state index is 0.815. The highest BCUT2D eigenvalue weighted by Gasteiger charge is 2.09. The molecule has 0 radical (unpaired) electrons. The van der Waals surface area contributed by atoms with Crippen molar-refractivity contribution in [2.75, 3.05) is 18.5 Å². The zero-order chi connectivity index (χ0) is 13.7. The number of aryl methyl sites for hydroxylation is 1. The minimum Gasteiger partial charge on any atom is -0.367 e. The Hall–Kier alpha value is -1.46. The number of hydrogen-bond acceptors (Lipinski definition) is 5. The Bertz CT molecular complexity index is 524. The molecule has 0 unspecified atom stereocenters. The van der Waals surface area contributed by atoms with Crippen LogP contribution in [0.1, 0.15) is 23.2 Å². The van der Waals surface area contributed by atoms with E-state index in [2.05, 4.69) is 45.6 Å². The Balaban J connectivity index is 2.11. The van der Waals surface area contributed by atoms with Gasteiger partial charge in [-0.2, -0.15) is 0 Å². The molecule has 0 spiro atoms. The molecule has 2 aromatic rings. The van der Waals surface area contributed by atoms with Crippen LogP contribution in [0, 0.1) is 6.92 Å². The van der Waals surface area contributed by atoms with Gasteiger partial charge in [-0.3, -0.25) is 4.98 Å². The number of aromatic nitrogens is 2. The van der Waals surface area contributed by atoms with Crippen molar-refractivity contribution < 1.29 is 0 Å². The van der Waals surface area contributed by atoms with Crippen molar-refractivity contribution in [3.8, 4) is 0 Å². The van der Waals surface area contributed by atoms with E-state index in [1.54, 1.807) is 11.3 Å². The normalized spacial score (nSPS) is 10.7. The van der Waals surface area contributed by atoms with Crippen LogP contribution in [-0.2, 0) is 13.1 Å². The van der Waals surface area contributed by atoms with Gasteiger partial charge in [-0.1, -0.05) is 6.92 Å². The molecule has 5 heteroatoms. The minimum atomic E-state index is 0.815. The van der Waals surface area contributed by atoms with Crippen LogP contribution in [0.25, 0.3) is 0 Å². The molecular weight excluding hydrogens is 256 g/mol. The quantitative estimate of drug-likeness (QED) is 0.880. The summed E-state index contributed by atoms with van der Waals surface area (Å²) in [5.41, 5.74) is 3.55. The topological polar surface area (TPSA) is 41.1 Å². The Labute approximate surface area is 118 Å². The van der Waals surface area contributed by atoms with E-state index in [1.807, 2.05) is 19.3 Å². The third-order valence-electron chi connectivity index (χ3n) is 2.93. The van der Waals surface area contributed by atoms with Crippen LogP contribution in [0.4, 0.5) is 5.69 Å². The van der Waals surface area contributed by atoms with Gasteiger partial charge in [-0.25, -0.2) is 4.98 Å². The van der Waals surface area contributed by atoms with E-state index in [1.165, 1.54) is 5.56 Å². The Kier molecular flexibility index (Phi) is 4.87. The Morgan fingerprint density at radius 2 is 2.26 bits per heavy atom. The molecule has 19 heavy (non-hydrogen) atoms. The van der Waals surface area contributed by atoms with Crippen molar-refractivity contribution in [3.05, 3.63) is 40.1 Å². The third-order valence-corrected chi connectivity index (χ3v) is 3.75. The summed E-state index contributed by atoms with van der Waals surface area (Å²) in [5, 5.41) is 6.59. The number of rotatable bonds is 6. The lowest BCUT2D eigenvalue weighted by Gasteiger charge is -2.21. The van der Waals surface area contributed by atoms with Crippen LogP contribution in [0.5, 0.6) is 0 Å². The van der Waals surface area contributed by atoms with Crippen LogP contribution >= 0.6 is 11.3 Å². The molecule has 0 aliphatic rings. The first-order valence-electron chi connectivity index (χ1n) is 6.46. The van der Waals surface area contributed by atoms with E-state index in [9.17, 15) is 0 Å². The van der Waals surface area contributed by atoms with Gasteiger partial charge in [0.25, 0.3) is 0 Å². The van der Waals surface area contributed by atoms with Gasteiger partial charge in [-0.05, 0) is 25.1 Å². The van der Waals surface area contributed by atoms with Crippen LogP contribution in [-0.4, -0.2) is 23.6 Å². The van der Waals surface area contributed by atoms with E-state index in [0.29, 0.717) is 0 Å². The molecule has 102 valence electrons. The van der Waals surface area contributed by atoms with Gasteiger partial charge in [0.1, 0.15) is 0 Å². The van der Waals surface area contributed by atoms with Crippen LogP contribution < -0.4 is 10.2 Å². The first-order valence-corrected chi connectivity index (χ1v) is 7.34. The number of nitrogens with zero attached hydrogens (tertiary/aromatic N) is 3. The number of thiazole rings is 1. The van der Waals surface area contributed by atoms with E-state index in [0.717, 1.165) is 36.0 Å². The van der Waals surface area contributed by atoms with Gasteiger partial charge in [0.05, 0.1) is 29.1 Å². The van der Waals surface area contributed by atoms with Gasteiger partial charge in [-0.15, -0.1) is 11.3 Å². The van der Waals surface area contributed by atoms with Gasteiger partial charge in [0, 0.05) is 25.2 Å². The summed E-state index contributed by atoms with van der Waals surface area (Å²) in [6.07, 6.45) is 3.77. The molecule has 2 heterocycles. The molecule has 0 fully saturated rings. The van der Waals surface area contributed by atoms with Crippen LogP contribution in [0.3, 0.4) is 0 Å². The van der Waals surface area contributed by atoms with Gasteiger partial charge in [0.2, 0.25) is 0 Å². The smallest absolute Gasteiger partial charge is 0.0898 e. The molecule has 0 amide bonds. The van der Waals surface area contributed by atoms with Crippen molar-refractivity contribution in [1.82, 2.24) is 15.3 Å². The molecule has 0 saturated heterocycles. The van der Waals surface area contributed by atoms with Crippen molar-refractivity contribution in [2.45, 2.75) is 26.9 Å². The summed E-state index contributed by atoms with van der Waals surface area (Å²) in [6.45, 7) is 6.80. The maximum Gasteiger partial charge on any atom is 0.0898 e. The summed E-state index contributed by atoms with van der Waals surface area (Å²) in [4.78, 5) is 10.9. The lowest BCUT2D eigenvalue weighted by Crippen LogP contribution is -2.21. The monoisotopic (exact) mass is 276 g/mol. The van der Waals surface area contributed by atoms with Crippen molar-refractivity contribution >= 4 is 17.0 Å². The molecule has 0 bridgehead atoms. The van der Waals surface area contributed by atoms with Crippen molar-refractivity contribution in [3.63, 3.8) is 0 Å². The summed E-state index contributed by atoms with van der Waals surface area (Å²) >= 11 is 1.69. The van der Waals surface area contributed by atoms with Crippen molar-refractivity contribution in [2.24, 2.45) is 0 Å². The lowest BCUT2D eigenvalue weighted by molar-refractivity contribution is 0.721. The maximum absolute atomic E-state index is 4.51. The van der Waals surface area contributed by atoms with E-state index < -0.39 is 0 Å². The van der Waals surface area contributed by atoms with E-state index in [4.69, 9.17) is 0 Å². The highest BCUT2D eigenvalue weighted by atomic mass is 32.1. The molecule has 0 atom stereocenters. The average Bonchev–Trinajstić information content (AvgIpc) is 2.82. The summed E-state index contributed by atoms with van der Waals surface area (Å²) in [5.74, 6) is 0. The van der Waals surface area contributed by atoms with Crippen LogP contribution in [0.15, 0.2) is 23.8 Å². The number of anilines is 1. The largest absolute Gasteiger partial charge is 0.367 e. The van der Waals surface area contributed by atoms with E-state index >= 15 is 0 Å². The molecule has 1 N–H and O–H groups in total. The Morgan fingerprint density at radius 3 is 2.95 bits per heavy atom. The van der Waals surface area contributed by atoms with Crippen LogP contribution in [0.2, 0.25) is 0 Å². The van der Waals surface area contributed by atoms with Gasteiger partial charge >= 0.3 is 0 Å². The fraction of sp³-hybridized carbons (Fsp3) is 0.429. The van der Waals surface area contributed by atoms with Gasteiger partial charge in [0.15, 0.2) is 0 Å². The zero-order valence-electron chi connectivity index (χ0n) is 11.7. The SMILES string of the molecule is CCNCc1ccncc1N(C)Cc1csc(C)n1. The highest BCUT2D eigenvalue weighted by Crippen LogP contribution is 2.20. The molecule has 2 rings (SSSR count). The van der Waals surface area contributed by atoms with E-state index in [-0.39, 0.29) is 0 Å². The first-order chi connectivity index (χ1) is 9.20. The zero-order valence-corrected chi connectivity index (χ0v) is 12.5. The predicted octanol–water partition coefficient (Wildman–Crippen LogP) is 2.59. The molecule has 0 aromatic carbocycles. The van der Waals surface area contributed by atoms with Crippen molar-refractivity contribution in [1.29, 1.82) is 0 Å². The number of hydrogen-bond donors (Lipinski definition) is 1. The number of pyridine rings is 1. The molecule has 4 nitrogen and oxygen atoms in total. The lowest BCUT2D eigenvalue weighted by atomic mass is 10.2. The summed E-state index contributed by atoms with van der Waals surface area (Å²) in [6, 6.07) is 2.07. The second-order valence-corrected chi connectivity index (χ2v) is 5.56. The standard InChI is InChI=1S/C14H20N4S/c1-4-15-7-12-5-6-16-8-14(12)18(3)9-13-10-19-11(2)17-13/h5-6,8,10,15H,4,7,9H2,1-3H3. The molecule has 0 aliphatic heterocycles. The first kappa shape index (κ1) is 14.0. The second kappa shape index (κ2) is 6.63. The summed E-state index contributed by atoms with van der Waals surface area (Å²) in [7, 11) is 2.08.